The van der Waals surface area contributed by atoms with Crippen LogP contribution in [-0.4, -0.2) is 87.8 Å². The Balaban J connectivity index is 5.38. The van der Waals surface area contributed by atoms with E-state index in [-0.39, 0.29) is 24.9 Å². The van der Waals surface area contributed by atoms with Gasteiger partial charge in [0.2, 0.25) is 0 Å². The average Bonchev–Trinajstić information content (AvgIpc) is 2.32. The molecule has 0 aliphatic rings. The molecule has 0 amide bonds. The Morgan fingerprint density at radius 2 is 1.04 bits per heavy atom. The summed E-state index contributed by atoms with van der Waals surface area (Å²) in [5.74, 6) is -0.822. The molecule has 0 aromatic rings. The van der Waals surface area contributed by atoms with E-state index in [1.165, 1.54) is 0 Å². The quantitative estimate of drug-likeness (QED) is 0.0923. The Bertz CT molecular complexity index is 534. The molecule has 0 aliphatic carbocycles. The van der Waals surface area contributed by atoms with Gasteiger partial charge in [0.05, 0.1) is 5.75 Å². The van der Waals surface area contributed by atoms with E-state index in [1.54, 1.807) is 13.8 Å². The van der Waals surface area contributed by atoms with Crippen LogP contribution in [0, 0.1) is 0 Å². The molecule has 0 spiro atoms. The predicted octanol–water partition coefficient (Wildman–Crippen LogP) is -2.67. The normalized spacial score (nSPS) is 14.6. The second-order valence-electron chi connectivity index (χ2n) is 5.95. The van der Waals surface area contributed by atoms with Gasteiger partial charge < -0.3 is 45.9 Å². The van der Waals surface area contributed by atoms with Crippen molar-refractivity contribution >= 4 is 45.6 Å². The SMILES string of the molecule is CCC[Si](O)(O)O[Si](O)(O[Si](O)(O)CCC)O[Si](O)(O)CCCS(=O)(=O)O. The van der Waals surface area contributed by atoms with Gasteiger partial charge in [0, 0.05) is 18.1 Å². The molecule has 0 aromatic carbocycles. The summed E-state index contributed by atoms with van der Waals surface area (Å²) in [4.78, 5) is 69.6. The Morgan fingerprint density at radius 3 is 1.33 bits per heavy atom. The van der Waals surface area contributed by atoms with Crippen LogP contribution in [0.5, 0.6) is 0 Å². The lowest BCUT2D eigenvalue weighted by Gasteiger charge is -2.34. The lowest BCUT2D eigenvalue weighted by Crippen LogP contribution is -2.66. The lowest BCUT2D eigenvalue weighted by atomic mass is 10.6. The highest BCUT2D eigenvalue weighted by Crippen LogP contribution is 2.24. The topological polar surface area (TPSA) is 224 Å². The Labute approximate surface area is 161 Å². The van der Waals surface area contributed by atoms with Crippen molar-refractivity contribution in [3.63, 3.8) is 0 Å². The molecule has 13 nitrogen and oxygen atoms in total. The molecule has 0 heterocycles. The minimum Gasteiger partial charge on any atom is -0.390 e. The van der Waals surface area contributed by atoms with Gasteiger partial charge in [0.15, 0.2) is 0 Å². The van der Waals surface area contributed by atoms with Gasteiger partial charge in [-0.2, -0.15) is 8.42 Å². The third-order valence-electron chi connectivity index (χ3n) is 2.93. The average molecular weight is 489 g/mol. The first kappa shape index (κ1) is 27.4. The van der Waals surface area contributed by atoms with E-state index in [0.717, 1.165) is 0 Å². The standard InChI is InChI=1S/C9H28O13SSi4/c1-3-7-24(13,14)20-27(19,21-25(15,16)8-4-2)22-26(17,18)9-5-6-23(10,11)12/h13-19H,3-9H2,1-2H3,(H,10,11,12). The molecule has 18 heteroatoms. The van der Waals surface area contributed by atoms with E-state index in [2.05, 4.69) is 4.12 Å². The van der Waals surface area contributed by atoms with Gasteiger partial charge in [0.1, 0.15) is 0 Å². The fourth-order valence-corrected chi connectivity index (χ4v) is 12.5. The summed E-state index contributed by atoms with van der Waals surface area (Å²) in [5, 5.41) is 0. The zero-order valence-electron chi connectivity index (χ0n) is 15.0. The smallest absolute Gasteiger partial charge is 0.390 e. The highest BCUT2D eigenvalue weighted by atomic mass is 32.2. The van der Waals surface area contributed by atoms with Crippen LogP contribution >= 0.6 is 0 Å². The molecule has 0 saturated carbocycles. The van der Waals surface area contributed by atoms with Crippen molar-refractivity contribution in [1.29, 1.82) is 0 Å². The molecule has 0 aromatic heterocycles. The highest BCUT2D eigenvalue weighted by molar-refractivity contribution is 7.85. The van der Waals surface area contributed by atoms with E-state index in [1.807, 2.05) is 0 Å². The number of rotatable bonds is 14. The first-order chi connectivity index (χ1) is 11.9. The van der Waals surface area contributed by atoms with Gasteiger partial charge >= 0.3 is 35.5 Å². The van der Waals surface area contributed by atoms with E-state index in [4.69, 9.17) is 12.8 Å². The Kier molecular flexibility index (Phi) is 10.6. The molecule has 0 bridgehead atoms. The largest absolute Gasteiger partial charge is 0.654 e. The summed E-state index contributed by atoms with van der Waals surface area (Å²) in [5.41, 5.74) is 0. The molecule has 8 N–H and O–H groups in total. The van der Waals surface area contributed by atoms with Crippen LogP contribution in [0.4, 0.5) is 0 Å². The van der Waals surface area contributed by atoms with Gasteiger partial charge in [0.25, 0.3) is 10.1 Å². The second-order valence-corrected chi connectivity index (χ2v) is 17.0. The molecule has 0 saturated heterocycles. The van der Waals surface area contributed by atoms with Crippen LogP contribution in [0.2, 0.25) is 18.1 Å². The van der Waals surface area contributed by atoms with E-state index >= 15 is 0 Å². The fourth-order valence-electron chi connectivity index (χ4n) is 1.97. The van der Waals surface area contributed by atoms with Crippen molar-refractivity contribution in [2.24, 2.45) is 0 Å². The minimum atomic E-state index is -5.35. The lowest BCUT2D eigenvalue weighted by molar-refractivity contribution is 0.0446. The third-order valence-corrected chi connectivity index (χ3v) is 14.1. The van der Waals surface area contributed by atoms with Crippen LogP contribution in [-0.2, 0) is 22.5 Å². The van der Waals surface area contributed by atoms with Gasteiger partial charge in [-0.1, -0.05) is 26.7 Å². The predicted molar refractivity (Wildman–Crippen MR) is 97.8 cm³/mol. The zero-order valence-corrected chi connectivity index (χ0v) is 19.8. The first-order valence-corrected chi connectivity index (χ1v) is 17.4. The summed E-state index contributed by atoms with van der Waals surface area (Å²) in [7, 11) is -23.8. The molecule has 0 unspecified atom stereocenters. The molecular weight excluding hydrogens is 460 g/mol. The molecule has 0 radical (unpaired) electrons. The summed E-state index contributed by atoms with van der Waals surface area (Å²) < 4.78 is 44.0. The summed E-state index contributed by atoms with van der Waals surface area (Å²) in [6.45, 7) is 3.14. The van der Waals surface area contributed by atoms with E-state index in [9.17, 15) is 42.0 Å². The Hall–Kier alpha value is 0.378. The summed E-state index contributed by atoms with van der Waals surface area (Å²) in [6, 6.07) is -1.36. The maximum absolute atomic E-state index is 10.7. The van der Waals surface area contributed by atoms with Gasteiger partial charge in [-0.25, -0.2) is 0 Å². The first-order valence-electron chi connectivity index (χ1n) is 8.07. The maximum Gasteiger partial charge on any atom is 0.654 e. The fraction of sp³-hybridized carbons (Fsp3) is 1.00. The van der Waals surface area contributed by atoms with Crippen molar-refractivity contribution in [2.45, 2.75) is 51.2 Å². The van der Waals surface area contributed by atoms with Gasteiger partial charge in [-0.3, -0.25) is 4.55 Å². The van der Waals surface area contributed by atoms with Crippen molar-refractivity contribution in [1.82, 2.24) is 0 Å². The van der Waals surface area contributed by atoms with Crippen molar-refractivity contribution in [3.8, 4) is 0 Å². The molecule has 0 rings (SSSR count). The summed E-state index contributed by atoms with van der Waals surface area (Å²) in [6.07, 6.45) is -0.0303. The number of hydrogen-bond donors (Lipinski definition) is 8. The minimum absolute atomic E-state index is 0.217. The van der Waals surface area contributed by atoms with Crippen molar-refractivity contribution in [2.75, 3.05) is 5.75 Å². The molecular formula is C9H28O13SSi4. The molecule has 0 fully saturated rings. The van der Waals surface area contributed by atoms with Crippen molar-refractivity contribution < 1.29 is 58.9 Å². The maximum atomic E-state index is 10.7. The van der Waals surface area contributed by atoms with Crippen LogP contribution in [0.15, 0.2) is 0 Å². The molecule has 164 valence electrons. The molecule has 0 aliphatic heterocycles. The molecule has 0 atom stereocenters. The second kappa shape index (κ2) is 10.4. The third kappa shape index (κ3) is 13.3. The van der Waals surface area contributed by atoms with Crippen LogP contribution in [0.3, 0.4) is 0 Å². The van der Waals surface area contributed by atoms with Crippen molar-refractivity contribution in [3.05, 3.63) is 0 Å². The van der Waals surface area contributed by atoms with Gasteiger partial charge in [-0.05, 0) is 6.42 Å². The van der Waals surface area contributed by atoms with Crippen LogP contribution < -0.4 is 0 Å². The number of hydrogen-bond acceptors (Lipinski definition) is 12. The Morgan fingerprint density at radius 1 is 0.704 bits per heavy atom. The summed E-state index contributed by atoms with van der Waals surface area (Å²) >= 11 is 0. The van der Waals surface area contributed by atoms with Crippen LogP contribution in [0.25, 0.3) is 0 Å². The monoisotopic (exact) mass is 488 g/mol. The van der Waals surface area contributed by atoms with Crippen LogP contribution in [0.1, 0.15) is 33.1 Å². The molecule has 27 heavy (non-hydrogen) atoms. The van der Waals surface area contributed by atoms with Gasteiger partial charge in [-0.15, -0.1) is 0 Å². The van der Waals surface area contributed by atoms with E-state index < -0.39 is 63.8 Å². The zero-order chi connectivity index (χ0) is 21.6. The van der Waals surface area contributed by atoms with E-state index in [0.29, 0.717) is 0 Å². The highest BCUT2D eigenvalue weighted by Gasteiger charge is 2.60.